The van der Waals surface area contributed by atoms with Gasteiger partial charge in [0.1, 0.15) is 5.75 Å². The molecule has 0 spiro atoms. The van der Waals surface area contributed by atoms with E-state index in [1.54, 1.807) is 7.11 Å². The summed E-state index contributed by atoms with van der Waals surface area (Å²) in [4.78, 5) is 15.5. The van der Waals surface area contributed by atoms with Crippen LogP contribution in [0.1, 0.15) is 11.1 Å². The van der Waals surface area contributed by atoms with Crippen LogP contribution in [-0.2, 0) is 17.8 Å². The highest BCUT2D eigenvalue weighted by Gasteiger charge is 2.26. The summed E-state index contributed by atoms with van der Waals surface area (Å²) in [6.07, 6.45) is 2.46. The highest BCUT2D eigenvalue weighted by molar-refractivity contribution is 5.95. The van der Waals surface area contributed by atoms with Crippen molar-refractivity contribution in [2.24, 2.45) is 0 Å². The van der Waals surface area contributed by atoms with Crippen molar-refractivity contribution in [3.63, 3.8) is 0 Å². The summed E-state index contributed by atoms with van der Waals surface area (Å²) in [5, 5.41) is 3.07. The molecule has 3 aromatic rings. The smallest absolute Gasteiger partial charge is 0.242 e. The molecule has 0 aliphatic rings. The lowest BCUT2D eigenvalue weighted by molar-refractivity contribution is -0.121. The molecule has 3 rings (SSSR count). The minimum atomic E-state index is -0.340. The number of hydrogen-bond acceptors (Lipinski definition) is 3. The molecule has 0 unspecified atom stereocenters. The van der Waals surface area contributed by atoms with E-state index >= 15 is 0 Å². The summed E-state index contributed by atoms with van der Waals surface area (Å²) < 4.78 is 5.21. The van der Waals surface area contributed by atoms with Gasteiger partial charge in [-0.2, -0.15) is 0 Å². The maximum Gasteiger partial charge on any atom is 0.242 e. The maximum absolute atomic E-state index is 13.4. The fourth-order valence-corrected chi connectivity index (χ4v) is 3.41. The van der Waals surface area contributed by atoms with E-state index < -0.39 is 0 Å². The summed E-state index contributed by atoms with van der Waals surface area (Å²) in [5.74, 6) is 0.716. The number of anilines is 1. The average Bonchev–Trinajstić information content (AvgIpc) is 2.79. The van der Waals surface area contributed by atoms with Gasteiger partial charge in [-0.15, -0.1) is 6.58 Å². The summed E-state index contributed by atoms with van der Waals surface area (Å²) in [6.45, 7) is 5.19. The van der Waals surface area contributed by atoms with E-state index in [4.69, 9.17) is 4.74 Å². The molecule has 0 saturated carbocycles. The number of rotatable bonds is 10. The first kappa shape index (κ1) is 21.3. The molecule has 0 aromatic heterocycles. The van der Waals surface area contributed by atoms with Gasteiger partial charge in [-0.3, -0.25) is 9.69 Å². The predicted octanol–water partition coefficient (Wildman–Crippen LogP) is 4.93. The minimum absolute atomic E-state index is 0.0400. The molecule has 154 valence electrons. The van der Waals surface area contributed by atoms with Gasteiger partial charge in [0.25, 0.3) is 0 Å². The van der Waals surface area contributed by atoms with Crippen LogP contribution in [0.2, 0.25) is 0 Å². The van der Waals surface area contributed by atoms with Gasteiger partial charge in [0.15, 0.2) is 0 Å². The first-order valence-corrected chi connectivity index (χ1v) is 10.1. The first-order chi connectivity index (χ1) is 14.7. The topological polar surface area (TPSA) is 41.6 Å². The van der Waals surface area contributed by atoms with E-state index in [-0.39, 0.29) is 11.9 Å². The van der Waals surface area contributed by atoms with Crippen LogP contribution in [0.5, 0.6) is 5.75 Å². The third-order valence-corrected chi connectivity index (χ3v) is 4.96. The zero-order valence-corrected chi connectivity index (χ0v) is 17.3. The molecule has 3 aromatic carbocycles. The Hall–Kier alpha value is -3.37. The Morgan fingerprint density at radius 3 is 2.13 bits per heavy atom. The predicted molar refractivity (Wildman–Crippen MR) is 123 cm³/mol. The Kier molecular flexibility index (Phi) is 7.81. The molecule has 1 N–H and O–H groups in total. The van der Waals surface area contributed by atoms with Crippen molar-refractivity contribution in [1.29, 1.82) is 0 Å². The highest BCUT2D eigenvalue weighted by atomic mass is 16.5. The van der Waals surface area contributed by atoms with E-state index in [0.717, 1.165) is 22.6 Å². The lowest BCUT2D eigenvalue weighted by Crippen LogP contribution is -2.45. The standard InChI is InChI=1S/C26H28N2O2/c1-3-18-28(20-22-12-8-5-9-13-22)25(19-21-10-6-4-7-11-21)26(29)27-23-14-16-24(30-2)17-15-23/h3-17,25H,1,18-20H2,2H3,(H,27,29)/t25-/m0/s1. The number of ether oxygens (including phenoxy) is 1. The van der Waals surface area contributed by atoms with Crippen LogP contribution in [0, 0.1) is 0 Å². The van der Waals surface area contributed by atoms with E-state index in [1.807, 2.05) is 66.7 Å². The average molecular weight is 401 g/mol. The van der Waals surface area contributed by atoms with Crippen LogP contribution in [0.15, 0.2) is 97.6 Å². The van der Waals surface area contributed by atoms with Gasteiger partial charge in [-0.1, -0.05) is 66.7 Å². The molecule has 4 nitrogen and oxygen atoms in total. The van der Waals surface area contributed by atoms with Gasteiger partial charge in [0, 0.05) is 18.8 Å². The van der Waals surface area contributed by atoms with E-state index in [0.29, 0.717) is 19.5 Å². The van der Waals surface area contributed by atoms with Crippen LogP contribution < -0.4 is 10.1 Å². The number of hydrogen-bond donors (Lipinski definition) is 1. The highest BCUT2D eigenvalue weighted by Crippen LogP contribution is 2.18. The Labute approximate surface area is 178 Å². The quantitative estimate of drug-likeness (QED) is 0.491. The van der Waals surface area contributed by atoms with Crippen molar-refractivity contribution in [2.45, 2.75) is 19.0 Å². The van der Waals surface area contributed by atoms with Crippen molar-refractivity contribution in [3.8, 4) is 5.75 Å². The van der Waals surface area contributed by atoms with Crippen molar-refractivity contribution in [2.75, 3.05) is 19.0 Å². The molecular formula is C26H28N2O2. The molecule has 1 amide bonds. The molecule has 1 atom stereocenters. The van der Waals surface area contributed by atoms with Gasteiger partial charge in [0.2, 0.25) is 5.91 Å². The Bertz CT molecular complexity index is 924. The Morgan fingerprint density at radius 2 is 1.57 bits per heavy atom. The largest absolute Gasteiger partial charge is 0.497 e. The van der Waals surface area contributed by atoms with Crippen LogP contribution in [0.4, 0.5) is 5.69 Å². The van der Waals surface area contributed by atoms with E-state index in [9.17, 15) is 4.79 Å². The SMILES string of the molecule is C=CCN(Cc1ccccc1)[C@@H](Cc1ccccc1)C(=O)Nc1ccc(OC)cc1. The van der Waals surface area contributed by atoms with E-state index in [2.05, 4.69) is 41.1 Å². The molecule has 4 heteroatoms. The van der Waals surface area contributed by atoms with Crippen LogP contribution in [0.3, 0.4) is 0 Å². The van der Waals surface area contributed by atoms with Gasteiger partial charge in [-0.05, 0) is 41.8 Å². The minimum Gasteiger partial charge on any atom is -0.497 e. The van der Waals surface area contributed by atoms with Crippen molar-refractivity contribution in [1.82, 2.24) is 4.90 Å². The number of benzene rings is 3. The molecule has 0 aliphatic carbocycles. The molecular weight excluding hydrogens is 372 g/mol. The fraction of sp³-hybridized carbons (Fsp3) is 0.192. The third-order valence-electron chi connectivity index (χ3n) is 4.96. The van der Waals surface area contributed by atoms with Gasteiger partial charge < -0.3 is 10.1 Å². The summed E-state index contributed by atoms with van der Waals surface area (Å²) in [5.41, 5.74) is 3.03. The first-order valence-electron chi connectivity index (χ1n) is 10.1. The maximum atomic E-state index is 13.4. The zero-order valence-electron chi connectivity index (χ0n) is 17.3. The number of amides is 1. The van der Waals surface area contributed by atoms with Gasteiger partial charge >= 0.3 is 0 Å². The molecule has 0 fully saturated rings. The number of nitrogens with zero attached hydrogens (tertiary/aromatic N) is 1. The van der Waals surface area contributed by atoms with Crippen LogP contribution in [-0.4, -0.2) is 30.5 Å². The number of carbonyl (C=O) groups excluding carboxylic acids is 1. The number of methoxy groups -OCH3 is 1. The van der Waals surface area contributed by atoms with Crippen molar-refractivity contribution >= 4 is 11.6 Å². The van der Waals surface area contributed by atoms with E-state index in [1.165, 1.54) is 0 Å². The van der Waals surface area contributed by atoms with Gasteiger partial charge in [0.05, 0.1) is 13.2 Å². The second-order valence-electron chi connectivity index (χ2n) is 7.13. The van der Waals surface area contributed by atoms with Crippen LogP contribution >= 0.6 is 0 Å². The summed E-state index contributed by atoms with van der Waals surface area (Å²) in [6, 6.07) is 27.4. The number of nitrogens with one attached hydrogen (secondary N) is 1. The molecule has 0 aliphatic heterocycles. The number of carbonyl (C=O) groups is 1. The normalized spacial score (nSPS) is 11.7. The molecule has 0 heterocycles. The summed E-state index contributed by atoms with van der Waals surface area (Å²) >= 11 is 0. The fourth-order valence-electron chi connectivity index (χ4n) is 3.41. The lowest BCUT2D eigenvalue weighted by Gasteiger charge is -2.30. The Morgan fingerprint density at radius 1 is 0.967 bits per heavy atom. The molecule has 30 heavy (non-hydrogen) atoms. The monoisotopic (exact) mass is 400 g/mol. The van der Waals surface area contributed by atoms with Crippen LogP contribution in [0.25, 0.3) is 0 Å². The zero-order chi connectivity index (χ0) is 21.2. The third kappa shape index (κ3) is 6.06. The Balaban J connectivity index is 1.84. The second-order valence-corrected chi connectivity index (χ2v) is 7.13. The molecule has 0 saturated heterocycles. The van der Waals surface area contributed by atoms with Crippen molar-refractivity contribution < 1.29 is 9.53 Å². The van der Waals surface area contributed by atoms with Gasteiger partial charge in [-0.25, -0.2) is 0 Å². The molecule has 0 bridgehead atoms. The summed E-state index contributed by atoms with van der Waals surface area (Å²) in [7, 11) is 1.63. The lowest BCUT2D eigenvalue weighted by atomic mass is 10.0. The molecule has 0 radical (unpaired) electrons. The second kappa shape index (κ2) is 11.0. The van der Waals surface area contributed by atoms with Crippen molar-refractivity contribution in [3.05, 3.63) is 109 Å².